The van der Waals surface area contributed by atoms with Crippen LogP contribution in [-0.4, -0.2) is 31.3 Å². The molecule has 1 N–H and O–H groups in total. The topological polar surface area (TPSA) is 38.3 Å². The summed E-state index contributed by atoms with van der Waals surface area (Å²) in [5, 5.41) is 1.91. The molecule has 1 unspecified atom stereocenters. The number of carbonyl (C=O) groups excluding carboxylic acids is 1. The SMILES string of the molecule is O=C1CCOCCC(C(F)(F)F)N1. The largest absolute Gasteiger partial charge is 0.408 e. The van der Waals surface area contributed by atoms with Gasteiger partial charge in [-0.1, -0.05) is 0 Å². The van der Waals surface area contributed by atoms with Crippen molar-refractivity contribution in [3.63, 3.8) is 0 Å². The molecule has 1 amide bonds. The molecule has 6 heteroatoms. The summed E-state index contributed by atoms with van der Waals surface area (Å²) in [6, 6.07) is -1.76. The third-order valence-corrected chi connectivity index (χ3v) is 1.75. The smallest absolute Gasteiger partial charge is 0.381 e. The molecule has 1 heterocycles. The van der Waals surface area contributed by atoms with E-state index in [1.54, 1.807) is 0 Å². The van der Waals surface area contributed by atoms with E-state index in [9.17, 15) is 18.0 Å². The van der Waals surface area contributed by atoms with Gasteiger partial charge in [-0.2, -0.15) is 13.2 Å². The lowest BCUT2D eigenvalue weighted by atomic mass is 10.2. The fourth-order valence-electron chi connectivity index (χ4n) is 1.05. The van der Waals surface area contributed by atoms with Crippen LogP contribution in [0.1, 0.15) is 12.8 Å². The van der Waals surface area contributed by atoms with Crippen molar-refractivity contribution in [2.24, 2.45) is 0 Å². The summed E-state index contributed by atoms with van der Waals surface area (Å²) in [6.45, 7) is 0.223. The summed E-state index contributed by atoms with van der Waals surface area (Å²) in [7, 11) is 0. The predicted octanol–water partition coefficient (Wildman–Crippen LogP) is 0.844. The number of rotatable bonds is 0. The summed E-state index contributed by atoms with van der Waals surface area (Å²) in [5.74, 6) is -0.609. The molecule has 0 aromatic heterocycles. The summed E-state index contributed by atoms with van der Waals surface area (Å²) in [5.41, 5.74) is 0. The van der Waals surface area contributed by atoms with Crippen molar-refractivity contribution in [3.8, 4) is 0 Å². The predicted molar refractivity (Wildman–Crippen MR) is 38.0 cm³/mol. The summed E-state index contributed by atoms with van der Waals surface area (Å²) < 4.78 is 41.3. The molecule has 3 nitrogen and oxygen atoms in total. The number of ether oxygens (including phenoxy) is 1. The van der Waals surface area contributed by atoms with Crippen LogP contribution in [0.15, 0.2) is 0 Å². The van der Waals surface area contributed by atoms with E-state index < -0.39 is 18.1 Å². The van der Waals surface area contributed by atoms with E-state index in [0.717, 1.165) is 0 Å². The van der Waals surface area contributed by atoms with E-state index in [4.69, 9.17) is 4.74 Å². The van der Waals surface area contributed by atoms with Crippen LogP contribution < -0.4 is 5.32 Å². The highest BCUT2D eigenvalue weighted by atomic mass is 19.4. The molecule has 0 spiro atoms. The van der Waals surface area contributed by atoms with Gasteiger partial charge in [0.25, 0.3) is 0 Å². The molecule has 1 atom stereocenters. The maximum atomic E-state index is 12.2. The Bertz CT molecular complexity index is 193. The zero-order valence-corrected chi connectivity index (χ0v) is 6.86. The van der Waals surface area contributed by atoms with Crippen LogP contribution in [0, 0.1) is 0 Å². The third-order valence-electron chi connectivity index (χ3n) is 1.75. The molecule has 1 fully saturated rings. The first kappa shape index (κ1) is 10.3. The molecule has 0 bridgehead atoms. The minimum Gasteiger partial charge on any atom is -0.381 e. The number of nitrogens with one attached hydrogen (secondary N) is 1. The standard InChI is InChI=1S/C7H10F3NO2/c8-7(9,10)5-1-3-13-4-2-6(12)11-5/h5H,1-4H2,(H,11,12). The first-order valence-corrected chi connectivity index (χ1v) is 3.94. The van der Waals surface area contributed by atoms with Crippen LogP contribution in [-0.2, 0) is 9.53 Å². The molecule has 1 rings (SSSR count). The number of alkyl halides is 3. The number of hydrogen-bond acceptors (Lipinski definition) is 2. The van der Waals surface area contributed by atoms with Crippen molar-refractivity contribution in [3.05, 3.63) is 0 Å². The molecule has 0 aromatic carbocycles. The van der Waals surface area contributed by atoms with E-state index in [2.05, 4.69) is 0 Å². The first-order chi connectivity index (χ1) is 6.00. The van der Waals surface area contributed by atoms with Crippen molar-refractivity contribution in [2.75, 3.05) is 13.2 Å². The molecule has 0 aromatic rings. The van der Waals surface area contributed by atoms with Crippen molar-refractivity contribution in [1.29, 1.82) is 0 Å². The lowest BCUT2D eigenvalue weighted by Crippen LogP contribution is -2.47. The van der Waals surface area contributed by atoms with E-state index in [0.29, 0.717) is 0 Å². The lowest BCUT2D eigenvalue weighted by Gasteiger charge is -2.23. The summed E-state index contributed by atoms with van der Waals surface area (Å²) in [6.07, 6.45) is -4.60. The summed E-state index contributed by atoms with van der Waals surface area (Å²) in [4.78, 5) is 10.8. The maximum Gasteiger partial charge on any atom is 0.408 e. The fourth-order valence-corrected chi connectivity index (χ4v) is 1.05. The van der Waals surface area contributed by atoms with Crippen LogP contribution in [0.2, 0.25) is 0 Å². The minimum absolute atomic E-state index is 0.00736. The van der Waals surface area contributed by atoms with Gasteiger partial charge in [0.2, 0.25) is 5.91 Å². The van der Waals surface area contributed by atoms with Gasteiger partial charge in [0, 0.05) is 13.0 Å². The number of hydrogen-bond donors (Lipinski definition) is 1. The first-order valence-electron chi connectivity index (χ1n) is 3.94. The molecule has 0 saturated carbocycles. The van der Waals surface area contributed by atoms with Gasteiger partial charge < -0.3 is 10.1 Å². The molecule has 1 aliphatic heterocycles. The molecular weight excluding hydrogens is 187 g/mol. The highest BCUT2D eigenvalue weighted by molar-refractivity contribution is 5.76. The van der Waals surface area contributed by atoms with Gasteiger partial charge in [-0.25, -0.2) is 0 Å². The van der Waals surface area contributed by atoms with Gasteiger partial charge in [-0.3, -0.25) is 4.79 Å². The zero-order valence-electron chi connectivity index (χ0n) is 6.86. The Morgan fingerprint density at radius 2 is 2.08 bits per heavy atom. The lowest BCUT2D eigenvalue weighted by molar-refractivity contribution is -0.167. The van der Waals surface area contributed by atoms with Gasteiger partial charge >= 0.3 is 6.18 Å². The van der Waals surface area contributed by atoms with Crippen LogP contribution in [0.5, 0.6) is 0 Å². The van der Waals surface area contributed by atoms with Crippen LogP contribution >= 0.6 is 0 Å². The molecule has 0 radical (unpaired) electrons. The van der Waals surface area contributed by atoms with Crippen molar-refractivity contribution >= 4 is 5.91 Å². The third kappa shape index (κ3) is 3.22. The second-order valence-electron chi connectivity index (χ2n) is 2.81. The average Bonchev–Trinajstić information content (AvgIpc) is 1.94. The van der Waals surface area contributed by atoms with Crippen LogP contribution in [0.4, 0.5) is 13.2 Å². The van der Waals surface area contributed by atoms with Gasteiger partial charge in [0.15, 0.2) is 0 Å². The number of amides is 1. The Morgan fingerprint density at radius 3 is 2.69 bits per heavy atom. The van der Waals surface area contributed by atoms with Gasteiger partial charge in [-0.15, -0.1) is 0 Å². The number of halogens is 3. The Kier molecular flexibility index (Phi) is 3.13. The Labute approximate surface area is 73.2 Å². The van der Waals surface area contributed by atoms with E-state index in [1.807, 2.05) is 5.32 Å². The van der Waals surface area contributed by atoms with Gasteiger partial charge in [-0.05, 0) is 6.42 Å². The Balaban J connectivity index is 2.56. The van der Waals surface area contributed by atoms with E-state index >= 15 is 0 Å². The van der Waals surface area contributed by atoms with Crippen molar-refractivity contribution in [1.82, 2.24) is 5.32 Å². The van der Waals surface area contributed by atoms with Crippen molar-refractivity contribution < 1.29 is 22.7 Å². The van der Waals surface area contributed by atoms with Gasteiger partial charge in [0.1, 0.15) is 6.04 Å². The molecular formula is C7H10F3NO2. The Morgan fingerprint density at radius 1 is 1.38 bits per heavy atom. The molecule has 1 saturated heterocycles. The molecule has 13 heavy (non-hydrogen) atoms. The van der Waals surface area contributed by atoms with Gasteiger partial charge in [0.05, 0.1) is 6.61 Å². The molecule has 76 valence electrons. The number of carbonyl (C=O) groups is 1. The van der Waals surface area contributed by atoms with Crippen LogP contribution in [0.25, 0.3) is 0 Å². The second kappa shape index (κ2) is 3.95. The quantitative estimate of drug-likeness (QED) is 0.625. The molecule has 0 aliphatic carbocycles. The van der Waals surface area contributed by atoms with E-state index in [-0.39, 0.29) is 26.1 Å². The Hall–Kier alpha value is -0.780. The second-order valence-corrected chi connectivity index (χ2v) is 2.81. The highest BCUT2D eigenvalue weighted by Crippen LogP contribution is 2.23. The van der Waals surface area contributed by atoms with Crippen LogP contribution in [0.3, 0.4) is 0 Å². The minimum atomic E-state index is -4.38. The van der Waals surface area contributed by atoms with Crippen molar-refractivity contribution in [2.45, 2.75) is 25.1 Å². The fraction of sp³-hybridized carbons (Fsp3) is 0.857. The normalized spacial score (nSPS) is 26.1. The monoisotopic (exact) mass is 197 g/mol. The maximum absolute atomic E-state index is 12.2. The summed E-state index contributed by atoms with van der Waals surface area (Å²) >= 11 is 0. The average molecular weight is 197 g/mol. The zero-order chi connectivity index (χ0) is 9.90. The molecule has 1 aliphatic rings. The highest BCUT2D eigenvalue weighted by Gasteiger charge is 2.40. The van der Waals surface area contributed by atoms with E-state index in [1.165, 1.54) is 0 Å².